The Morgan fingerprint density at radius 3 is 2.97 bits per heavy atom. The molecule has 4 aliphatic rings. The second kappa shape index (κ2) is 10.4. The van der Waals surface area contributed by atoms with Crippen LogP contribution in [0, 0.1) is 5.82 Å². The van der Waals surface area contributed by atoms with Crippen molar-refractivity contribution in [1.82, 2.24) is 4.90 Å². The van der Waals surface area contributed by atoms with Crippen LogP contribution < -0.4 is 5.32 Å². The number of fused-ring (bicyclic) bond motifs is 2. The number of aliphatic imine (C=N–C) groups is 2. The molecule has 1 aromatic carbocycles. The molecule has 0 radical (unpaired) electrons. The summed E-state index contributed by atoms with van der Waals surface area (Å²) in [5.41, 5.74) is 5.21. The average Bonchev–Trinajstić information content (AvgIpc) is 3.63. The van der Waals surface area contributed by atoms with Gasteiger partial charge in [-0.05, 0) is 78.7 Å². The maximum absolute atomic E-state index is 14.8. The minimum absolute atomic E-state index is 0.0266. The number of allylic oxidation sites excluding steroid dienone is 1. The minimum Gasteiger partial charge on any atom is -0.330 e. The van der Waals surface area contributed by atoms with E-state index in [2.05, 4.69) is 29.4 Å². The van der Waals surface area contributed by atoms with Crippen LogP contribution in [0.1, 0.15) is 64.7 Å². The smallest absolute Gasteiger partial charge is 0.265 e. The Bertz CT molecular complexity index is 1400. The van der Waals surface area contributed by atoms with Crippen LogP contribution in [0.3, 0.4) is 0 Å². The first kappa shape index (κ1) is 24.9. The number of halogens is 1. The van der Waals surface area contributed by atoms with Gasteiger partial charge in [-0.2, -0.15) is 0 Å². The molecule has 1 fully saturated rings. The first-order chi connectivity index (χ1) is 18.5. The topological polar surface area (TPSA) is 73.9 Å². The molecule has 3 aliphatic heterocycles. The first-order valence-corrected chi connectivity index (χ1v) is 14.3. The summed E-state index contributed by atoms with van der Waals surface area (Å²) in [4.78, 5) is 39.2. The van der Waals surface area contributed by atoms with Gasteiger partial charge in [-0.15, -0.1) is 11.3 Å². The molecular formula is C30H31FN4O2S. The predicted molar refractivity (Wildman–Crippen MR) is 151 cm³/mol. The van der Waals surface area contributed by atoms with Crippen LogP contribution >= 0.6 is 11.3 Å². The number of aryl methyl sites for hydroxylation is 2. The summed E-state index contributed by atoms with van der Waals surface area (Å²) < 4.78 is 14.8. The van der Waals surface area contributed by atoms with Gasteiger partial charge in [0.25, 0.3) is 5.91 Å². The van der Waals surface area contributed by atoms with E-state index in [-0.39, 0.29) is 23.5 Å². The number of amides is 2. The van der Waals surface area contributed by atoms with Crippen LogP contribution in [-0.4, -0.2) is 53.8 Å². The number of nitrogens with one attached hydrogen (secondary N) is 1. The van der Waals surface area contributed by atoms with Gasteiger partial charge in [0.2, 0.25) is 5.91 Å². The number of hydrogen-bond donors (Lipinski definition) is 1. The SMILES string of the molecule is CCC1=CC(=NC2CC(c3ccc(F)c(NC(=O)c4cc5c(s4)CCCC5)c3)=CC3CN3C2=O)CC=NC1. The summed E-state index contributed by atoms with van der Waals surface area (Å²) in [5.74, 6) is -0.733. The lowest BCUT2D eigenvalue weighted by molar-refractivity contribution is -0.127. The van der Waals surface area contributed by atoms with Gasteiger partial charge in [-0.1, -0.05) is 19.1 Å². The quantitative estimate of drug-likeness (QED) is 0.509. The summed E-state index contributed by atoms with van der Waals surface area (Å²) in [6, 6.07) is 6.26. The molecule has 4 heterocycles. The van der Waals surface area contributed by atoms with Crippen molar-refractivity contribution >= 4 is 46.3 Å². The van der Waals surface area contributed by atoms with Crippen molar-refractivity contribution in [3.05, 3.63) is 68.7 Å². The summed E-state index contributed by atoms with van der Waals surface area (Å²) in [6.45, 7) is 3.45. The third kappa shape index (κ3) is 5.14. The number of anilines is 1. The molecule has 6 rings (SSSR count). The molecule has 1 aromatic heterocycles. The van der Waals surface area contributed by atoms with E-state index in [1.165, 1.54) is 33.4 Å². The maximum Gasteiger partial charge on any atom is 0.265 e. The van der Waals surface area contributed by atoms with Crippen molar-refractivity contribution in [3.8, 4) is 0 Å². The molecule has 38 heavy (non-hydrogen) atoms. The molecule has 0 bridgehead atoms. The predicted octanol–water partition coefficient (Wildman–Crippen LogP) is 5.64. The van der Waals surface area contributed by atoms with E-state index in [9.17, 15) is 14.0 Å². The van der Waals surface area contributed by atoms with Crippen molar-refractivity contribution in [3.63, 3.8) is 0 Å². The molecule has 1 aliphatic carbocycles. The van der Waals surface area contributed by atoms with E-state index in [1.54, 1.807) is 12.1 Å². The van der Waals surface area contributed by atoms with Gasteiger partial charge in [0.1, 0.15) is 11.9 Å². The van der Waals surface area contributed by atoms with E-state index < -0.39 is 11.9 Å². The Morgan fingerprint density at radius 2 is 2.13 bits per heavy atom. The highest BCUT2D eigenvalue weighted by Gasteiger charge is 2.43. The lowest BCUT2D eigenvalue weighted by Crippen LogP contribution is -2.27. The lowest BCUT2D eigenvalue weighted by atomic mass is 9.97. The highest BCUT2D eigenvalue weighted by Crippen LogP contribution is 2.36. The van der Waals surface area contributed by atoms with Gasteiger partial charge >= 0.3 is 0 Å². The van der Waals surface area contributed by atoms with Gasteiger partial charge in [-0.25, -0.2) is 4.39 Å². The number of hydrogen-bond acceptors (Lipinski definition) is 5. The molecule has 0 spiro atoms. The highest BCUT2D eigenvalue weighted by atomic mass is 32.1. The summed E-state index contributed by atoms with van der Waals surface area (Å²) in [5, 5.41) is 2.80. The summed E-state index contributed by atoms with van der Waals surface area (Å²) in [7, 11) is 0. The van der Waals surface area contributed by atoms with Gasteiger partial charge in [0, 0.05) is 36.2 Å². The largest absolute Gasteiger partial charge is 0.330 e. The molecular weight excluding hydrogens is 499 g/mol. The van der Waals surface area contributed by atoms with Crippen LogP contribution in [0.25, 0.3) is 5.57 Å². The molecule has 196 valence electrons. The number of carbonyl (C=O) groups excluding carboxylic acids is 2. The normalized spacial score (nSPS) is 23.7. The maximum atomic E-state index is 14.8. The fraction of sp³-hybridized carbons (Fsp3) is 0.400. The van der Waals surface area contributed by atoms with Crippen molar-refractivity contribution in [1.29, 1.82) is 0 Å². The van der Waals surface area contributed by atoms with Crippen LogP contribution in [0.15, 0.2) is 52.0 Å². The van der Waals surface area contributed by atoms with E-state index in [1.807, 2.05) is 17.2 Å². The van der Waals surface area contributed by atoms with E-state index >= 15 is 0 Å². The fourth-order valence-electron chi connectivity index (χ4n) is 5.44. The third-order valence-corrected chi connectivity index (χ3v) is 8.94. The van der Waals surface area contributed by atoms with Gasteiger partial charge < -0.3 is 10.2 Å². The zero-order valence-corrected chi connectivity index (χ0v) is 22.3. The molecule has 2 atom stereocenters. The molecule has 0 saturated carbocycles. The Labute approximate surface area is 226 Å². The van der Waals surface area contributed by atoms with E-state index in [0.717, 1.165) is 49.0 Å². The van der Waals surface area contributed by atoms with Gasteiger partial charge in [-0.3, -0.25) is 19.6 Å². The Morgan fingerprint density at radius 1 is 1.26 bits per heavy atom. The third-order valence-electron chi connectivity index (χ3n) is 7.70. The number of benzene rings is 1. The molecule has 1 N–H and O–H groups in total. The van der Waals surface area contributed by atoms with Gasteiger partial charge in [0.15, 0.2) is 0 Å². The number of thiophene rings is 1. The molecule has 6 nitrogen and oxygen atoms in total. The molecule has 1 saturated heterocycles. The second-order valence-corrected chi connectivity index (χ2v) is 11.5. The van der Waals surface area contributed by atoms with Gasteiger partial charge in [0.05, 0.1) is 23.2 Å². The van der Waals surface area contributed by atoms with Crippen molar-refractivity contribution in [2.75, 3.05) is 18.4 Å². The molecule has 8 heteroatoms. The summed E-state index contributed by atoms with van der Waals surface area (Å²) >= 11 is 1.51. The van der Waals surface area contributed by atoms with E-state index in [0.29, 0.717) is 30.8 Å². The van der Waals surface area contributed by atoms with Crippen LogP contribution in [0.5, 0.6) is 0 Å². The highest BCUT2D eigenvalue weighted by molar-refractivity contribution is 7.14. The van der Waals surface area contributed by atoms with Crippen molar-refractivity contribution in [2.45, 2.75) is 64.0 Å². The molecule has 2 amide bonds. The second-order valence-electron chi connectivity index (χ2n) is 10.4. The number of rotatable bonds is 5. The van der Waals surface area contributed by atoms with Crippen molar-refractivity contribution < 1.29 is 14.0 Å². The Balaban J connectivity index is 1.25. The van der Waals surface area contributed by atoms with Crippen LogP contribution in [-0.2, 0) is 17.6 Å². The number of nitrogens with zero attached hydrogens (tertiary/aromatic N) is 3. The minimum atomic E-state index is -0.537. The van der Waals surface area contributed by atoms with Crippen LogP contribution in [0.2, 0.25) is 0 Å². The lowest BCUT2D eigenvalue weighted by Gasteiger charge is -2.15. The zero-order chi connectivity index (χ0) is 26.2. The number of carbonyl (C=O) groups is 2. The van der Waals surface area contributed by atoms with E-state index in [4.69, 9.17) is 4.99 Å². The van der Waals surface area contributed by atoms with Crippen molar-refractivity contribution in [2.24, 2.45) is 9.98 Å². The zero-order valence-electron chi connectivity index (χ0n) is 21.5. The Kier molecular flexibility index (Phi) is 6.82. The summed E-state index contributed by atoms with van der Waals surface area (Å²) in [6.07, 6.45) is 12.3. The fourth-order valence-corrected chi connectivity index (χ4v) is 6.59. The average molecular weight is 531 g/mol. The molecule has 2 unspecified atom stereocenters. The Hall–Kier alpha value is -3.39. The van der Waals surface area contributed by atoms with Crippen LogP contribution in [0.4, 0.5) is 10.1 Å². The standard InChI is InChI=1S/C30H31FN4O2S/c1-2-18-11-22(9-10-32-16-18)33-26-14-21(12-23-17-35(23)30(26)37)19-7-8-24(31)25(13-19)34-29(36)28-15-20-5-3-4-6-27(20)38-28/h7-8,10-13,15,23,26H,2-6,9,14,16-17H2,1H3,(H,34,36). The molecule has 2 aromatic rings. The first-order valence-electron chi connectivity index (χ1n) is 13.5. The monoisotopic (exact) mass is 530 g/mol.